The van der Waals surface area contributed by atoms with Crippen LogP contribution in [0.5, 0.6) is 0 Å². The maximum absolute atomic E-state index is 11.4. The number of hydrogen-bond acceptors (Lipinski definition) is 1. The molecule has 0 spiro atoms. The summed E-state index contributed by atoms with van der Waals surface area (Å²) in [6.45, 7) is 8.48. The van der Waals surface area contributed by atoms with E-state index in [1.54, 1.807) is 0 Å². The lowest BCUT2D eigenvalue weighted by Gasteiger charge is -2.17. The third kappa shape index (κ3) is 5.41. The molecule has 0 rings (SSSR count). The van der Waals surface area contributed by atoms with E-state index in [1.165, 1.54) is 32.1 Å². The first-order chi connectivity index (χ1) is 6.63. The molecule has 0 N–H and O–H groups in total. The number of hydrogen-bond donors (Lipinski definition) is 0. The molecule has 0 saturated heterocycles. The average molecular weight is 198 g/mol. The van der Waals surface area contributed by atoms with E-state index in [9.17, 15) is 4.79 Å². The van der Waals surface area contributed by atoms with Crippen molar-refractivity contribution in [2.24, 2.45) is 11.8 Å². The molecule has 0 fully saturated rings. The van der Waals surface area contributed by atoms with Crippen LogP contribution in [0, 0.1) is 11.8 Å². The van der Waals surface area contributed by atoms with Crippen LogP contribution in [0.4, 0.5) is 0 Å². The van der Waals surface area contributed by atoms with E-state index in [1.807, 2.05) is 6.92 Å². The number of carbonyl (C=O) groups is 1. The predicted octanol–water partition coefficient (Wildman–Crippen LogP) is 4.21. The molecule has 0 saturated carbocycles. The minimum atomic E-state index is 0.265. The summed E-state index contributed by atoms with van der Waals surface area (Å²) >= 11 is 0. The summed E-state index contributed by atoms with van der Waals surface area (Å²) in [7, 11) is 0. The largest absolute Gasteiger partial charge is 0.299 e. The minimum Gasteiger partial charge on any atom is -0.299 e. The van der Waals surface area contributed by atoms with Crippen molar-refractivity contribution < 1.29 is 4.79 Å². The Labute approximate surface area is 89.3 Å². The molecule has 0 aromatic heterocycles. The number of ketones is 1. The number of unbranched alkanes of at least 4 members (excludes halogenated alkanes) is 3. The maximum atomic E-state index is 11.4. The van der Waals surface area contributed by atoms with Crippen molar-refractivity contribution >= 4 is 5.78 Å². The van der Waals surface area contributed by atoms with Crippen molar-refractivity contribution in [2.45, 2.75) is 66.2 Å². The van der Waals surface area contributed by atoms with Crippen LogP contribution in [0.3, 0.4) is 0 Å². The summed E-state index contributed by atoms with van der Waals surface area (Å²) in [5.74, 6) is 1.26. The van der Waals surface area contributed by atoms with Gasteiger partial charge in [-0.3, -0.25) is 4.79 Å². The van der Waals surface area contributed by atoms with Gasteiger partial charge in [0.15, 0.2) is 0 Å². The second kappa shape index (κ2) is 8.02. The van der Waals surface area contributed by atoms with E-state index in [-0.39, 0.29) is 5.92 Å². The summed E-state index contributed by atoms with van der Waals surface area (Å²) in [5.41, 5.74) is 0. The van der Waals surface area contributed by atoms with E-state index in [4.69, 9.17) is 0 Å². The van der Waals surface area contributed by atoms with Gasteiger partial charge in [-0.15, -0.1) is 0 Å². The van der Waals surface area contributed by atoms with Crippen LogP contribution in [0.2, 0.25) is 0 Å². The van der Waals surface area contributed by atoms with Gasteiger partial charge in [-0.2, -0.15) is 0 Å². The van der Waals surface area contributed by atoms with Gasteiger partial charge in [0.2, 0.25) is 0 Å². The van der Waals surface area contributed by atoms with Gasteiger partial charge in [-0.1, -0.05) is 59.8 Å². The van der Waals surface area contributed by atoms with Crippen LogP contribution in [0.15, 0.2) is 0 Å². The molecule has 0 aliphatic carbocycles. The molecule has 2 unspecified atom stereocenters. The number of Topliss-reactive ketones (excluding diaryl/α,β-unsaturated/α-hetero) is 1. The topological polar surface area (TPSA) is 17.1 Å². The first kappa shape index (κ1) is 13.7. The third-order valence-corrected chi connectivity index (χ3v) is 3.22. The Hall–Kier alpha value is -0.330. The smallest absolute Gasteiger partial charge is 0.135 e. The van der Waals surface area contributed by atoms with Crippen molar-refractivity contribution in [2.75, 3.05) is 0 Å². The molecule has 2 atom stereocenters. The highest BCUT2D eigenvalue weighted by Crippen LogP contribution is 2.20. The van der Waals surface area contributed by atoms with Gasteiger partial charge in [0.05, 0.1) is 0 Å². The fourth-order valence-electron chi connectivity index (χ4n) is 1.78. The van der Waals surface area contributed by atoms with Crippen LogP contribution < -0.4 is 0 Å². The normalized spacial score (nSPS) is 15.1. The van der Waals surface area contributed by atoms with Gasteiger partial charge >= 0.3 is 0 Å². The predicted molar refractivity (Wildman–Crippen MR) is 62.4 cm³/mol. The number of rotatable bonds is 8. The third-order valence-electron chi connectivity index (χ3n) is 3.22. The van der Waals surface area contributed by atoms with Crippen LogP contribution in [0.1, 0.15) is 66.2 Å². The number of carbonyl (C=O) groups excluding carboxylic acids is 1. The summed E-state index contributed by atoms with van der Waals surface area (Å²) in [4.78, 5) is 11.4. The fourth-order valence-corrected chi connectivity index (χ4v) is 1.78. The molecule has 0 radical (unpaired) electrons. The van der Waals surface area contributed by atoms with E-state index in [0.29, 0.717) is 18.1 Å². The highest BCUT2D eigenvalue weighted by Gasteiger charge is 2.17. The minimum absolute atomic E-state index is 0.265. The second-order valence-electron chi connectivity index (χ2n) is 4.44. The van der Waals surface area contributed by atoms with Gasteiger partial charge in [-0.05, 0) is 5.92 Å². The highest BCUT2D eigenvalue weighted by atomic mass is 16.1. The zero-order chi connectivity index (χ0) is 11.0. The molecule has 0 amide bonds. The van der Waals surface area contributed by atoms with E-state index >= 15 is 0 Å². The standard InChI is InChI=1S/C13H26O/c1-5-7-8-9-10-11(3)12(4)13(14)6-2/h11-12H,5-10H2,1-4H3. The zero-order valence-corrected chi connectivity index (χ0v) is 10.3. The molecule has 0 aliphatic rings. The Morgan fingerprint density at radius 3 is 2.21 bits per heavy atom. The molecular formula is C13H26O. The van der Waals surface area contributed by atoms with Crippen LogP contribution in [0.25, 0.3) is 0 Å². The lowest BCUT2D eigenvalue weighted by Crippen LogP contribution is -2.17. The Balaban J connectivity index is 3.61. The second-order valence-corrected chi connectivity index (χ2v) is 4.44. The molecule has 14 heavy (non-hydrogen) atoms. The molecule has 1 heteroatoms. The quantitative estimate of drug-likeness (QED) is 0.534. The molecule has 1 nitrogen and oxygen atoms in total. The monoisotopic (exact) mass is 198 g/mol. The maximum Gasteiger partial charge on any atom is 0.135 e. The summed E-state index contributed by atoms with van der Waals surface area (Å²) in [5, 5.41) is 0. The van der Waals surface area contributed by atoms with Crippen molar-refractivity contribution in [3.8, 4) is 0 Å². The van der Waals surface area contributed by atoms with Crippen molar-refractivity contribution in [3.63, 3.8) is 0 Å². The van der Waals surface area contributed by atoms with Crippen molar-refractivity contribution in [3.05, 3.63) is 0 Å². The molecule has 0 aliphatic heterocycles. The summed E-state index contributed by atoms with van der Waals surface area (Å²) in [6.07, 6.45) is 7.15. The summed E-state index contributed by atoms with van der Waals surface area (Å²) in [6, 6.07) is 0. The van der Waals surface area contributed by atoms with E-state index < -0.39 is 0 Å². The Bertz CT molecular complexity index is 151. The summed E-state index contributed by atoms with van der Waals surface area (Å²) < 4.78 is 0. The molecule has 84 valence electrons. The molecular weight excluding hydrogens is 172 g/mol. The lowest BCUT2D eigenvalue weighted by atomic mass is 9.87. The highest BCUT2D eigenvalue weighted by molar-refractivity contribution is 5.80. The SMILES string of the molecule is CCCCCCC(C)C(C)C(=O)CC. The average Bonchev–Trinajstić information content (AvgIpc) is 2.21. The van der Waals surface area contributed by atoms with Gasteiger partial charge in [0, 0.05) is 12.3 Å². The van der Waals surface area contributed by atoms with Crippen molar-refractivity contribution in [1.29, 1.82) is 0 Å². The molecule has 0 bridgehead atoms. The first-order valence-corrected chi connectivity index (χ1v) is 6.16. The van der Waals surface area contributed by atoms with Gasteiger partial charge in [0.25, 0.3) is 0 Å². The van der Waals surface area contributed by atoms with Crippen LogP contribution >= 0.6 is 0 Å². The van der Waals surface area contributed by atoms with E-state index in [2.05, 4.69) is 20.8 Å². The first-order valence-electron chi connectivity index (χ1n) is 6.16. The molecule has 0 aromatic carbocycles. The van der Waals surface area contributed by atoms with Gasteiger partial charge < -0.3 is 0 Å². The molecule has 0 heterocycles. The van der Waals surface area contributed by atoms with Gasteiger partial charge in [-0.25, -0.2) is 0 Å². The van der Waals surface area contributed by atoms with Crippen LogP contribution in [-0.4, -0.2) is 5.78 Å². The van der Waals surface area contributed by atoms with Gasteiger partial charge in [0.1, 0.15) is 5.78 Å². The van der Waals surface area contributed by atoms with Crippen molar-refractivity contribution in [1.82, 2.24) is 0 Å². The lowest BCUT2D eigenvalue weighted by molar-refractivity contribution is -0.123. The van der Waals surface area contributed by atoms with Crippen LogP contribution in [-0.2, 0) is 4.79 Å². The fraction of sp³-hybridized carbons (Fsp3) is 0.923. The molecule has 0 aromatic rings. The van der Waals surface area contributed by atoms with E-state index in [0.717, 1.165) is 0 Å². The Kier molecular flexibility index (Phi) is 7.83. The zero-order valence-electron chi connectivity index (χ0n) is 10.3. The Morgan fingerprint density at radius 2 is 1.71 bits per heavy atom. The Morgan fingerprint density at radius 1 is 1.07 bits per heavy atom.